The molecule has 0 radical (unpaired) electrons. The molecule has 1 aromatic rings. The van der Waals surface area contributed by atoms with Gasteiger partial charge in [-0.2, -0.15) is 13.2 Å². The number of benzene rings is 1. The molecule has 0 aliphatic heterocycles. The Morgan fingerprint density at radius 2 is 1.88 bits per heavy atom. The first kappa shape index (κ1) is 25.7. The third-order valence-corrected chi connectivity index (χ3v) is 5.46. The Bertz CT molecular complexity index is 798. The van der Waals surface area contributed by atoms with Gasteiger partial charge < -0.3 is 25.4 Å². The fraction of sp³-hybridized carbons (Fsp3) is 0.545. The predicted octanol–water partition coefficient (Wildman–Crippen LogP) is 3.49. The van der Waals surface area contributed by atoms with Gasteiger partial charge in [0.15, 0.2) is 0 Å². The largest absolute Gasteiger partial charge is 0.481 e. The fourth-order valence-electron chi connectivity index (χ4n) is 3.73. The van der Waals surface area contributed by atoms with Gasteiger partial charge in [-0.3, -0.25) is 4.79 Å². The summed E-state index contributed by atoms with van der Waals surface area (Å²) < 4.78 is 43.4. The van der Waals surface area contributed by atoms with Crippen molar-refractivity contribution in [3.8, 4) is 0 Å². The maximum Gasteiger partial charge on any atom is 0.416 e. The first-order chi connectivity index (χ1) is 15.1. The van der Waals surface area contributed by atoms with Crippen LogP contribution in [0.3, 0.4) is 0 Å². The highest BCUT2D eigenvalue weighted by Gasteiger charge is 2.41. The Morgan fingerprint density at radius 1 is 1.16 bits per heavy atom. The average molecular weight is 459 g/mol. The van der Waals surface area contributed by atoms with Crippen molar-refractivity contribution in [3.63, 3.8) is 0 Å². The van der Waals surface area contributed by atoms with Crippen molar-refractivity contribution in [2.75, 3.05) is 6.61 Å². The van der Waals surface area contributed by atoms with E-state index < -0.39 is 41.9 Å². The van der Waals surface area contributed by atoms with Crippen molar-refractivity contribution in [2.45, 2.75) is 57.0 Å². The number of carboxylic acids is 1. The minimum absolute atomic E-state index is 0.0706. The van der Waals surface area contributed by atoms with E-state index in [9.17, 15) is 33.0 Å². The molecule has 1 fully saturated rings. The number of ether oxygens (including phenoxy) is 1. The Kier molecular flexibility index (Phi) is 9.52. The molecule has 0 aromatic heterocycles. The van der Waals surface area contributed by atoms with Gasteiger partial charge >= 0.3 is 18.2 Å². The molecule has 1 amide bonds. The lowest BCUT2D eigenvalue weighted by Crippen LogP contribution is -2.31. The zero-order chi connectivity index (χ0) is 23.7. The van der Waals surface area contributed by atoms with Crippen LogP contribution in [0.1, 0.15) is 43.2 Å². The van der Waals surface area contributed by atoms with Gasteiger partial charge in [0.25, 0.3) is 0 Å². The third kappa shape index (κ3) is 8.16. The van der Waals surface area contributed by atoms with Gasteiger partial charge in [0.1, 0.15) is 0 Å². The summed E-state index contributed by atoms with van der Waals surface area (Å²) in [6, 6.07) is 4.58. The van der Waals surface area contributed by atoms with Crippen LogP contribution < -0.4 is 5.32 Å². The summed E-state index contributed by atoms with van der Waals surface area (Å²) in [5.41, 5.74) is -0.550. The summed E-state index contributed by atoms with van der Waals surface area (Å²) >= 11 is 0. The van der Waals surface area contributed by atoms with Crippen LogP contribution in [0.2, 0.25) is 0 Å². The topological polar surface area (TPSA) is 116 Å². The van der Waals surface area contributed by atoms with E-state index in [4.69, 9.17) is 9.84 Å². The second-order valence-corrected chi connectivity index (χ2v) is 7.84. The summed E-state index contributed by atoms with van der Waals surface area (Å²) in [6.07, 6.45) is -1.56. The number of rotatable bonds is 10. The van der Waals surface area contributed by atoms with Crippen LogP contribution in [0.5, 0.6) is 0 Å². The van der Waals surface area contributed by atoms with Crippen molar-refractivity contribution in [1.29, 1.82) is 0 Å². The van der Waals surface area contributed by atoms with Gasteiger partial charge in [0.2, 0.25) is 0 Å². The second kappa shape index (κ2) is 11.9. The molecule has 0 heterocycles. The average Bonchev–Trinajstić information content (AvgIpc) is 2.99. The van der Waals surface area contributed by atoms with Crippen LogP contribution in [0.15, 0.2) is 36.4 Å². The van der Waals surface area contributed by atoms with E-state index in [1.165, 1.54) is 12.1 Å². The van der Waals surface area contributed by atoms with Crippen LogP contribution in [0.25, 0.3) is 0 Å². The van der Waals surface area contributed by atoms with E-state index in [-0.39, 0.29) is 37.5 Å². The lowest BCUT2D eigenvalue weighted by Gasteiger charge is -2.22. The van der Waals surface area contributed by atoms with Gasteiger partial charge in [-0.15, -0.1) is 0 Å². The van der Waals surface area contributed by atoms with E-state index in [2.05, 4.69) is 5.32 Å². The molecule has 2 rings (SSSR count). The van der Waals surface area contributed by atoms with Gasteiger partial charge in [-0.05, 0) is 49.3 Å². The number of alkyl carbamates (subject to hydrolysis) is 1. The summed E-state index contributed by atoms with van der Waals surface area (Å²) in [5.74, 6) is -1.69. The Morgan fingerprint density at radius 3 is 2.56 bits per heavy atom. The number of carboxylic acid groups (broad SMARTS) is 1. The summed E-state index contributed by atoms with van der Waals surface area (Å²) in [5, 5.41) is 31.4. The molecule has 178 valence electrons. The van der Waals surface area contributed by atoms with Gasteiger partial charge in [0, 0.05) is 18.9 Å². The molecule has 1 aliphatic carbocycles. The third-order valence-electron chi connectivity index (χ3n) is 5.46. The molecule has 1 saturated carbocycles. The molecule has 32 heavy (non-hydrogen) atoms. The lowest BCUT2D eigenvalue weighted by atomic mass is 9.91. The number of hydrogen-bond donors (Lipinski definition) is 4. The minimum Gasteiger partial charge on any atom is -0.481 e. The first-order valence-corrected chi connectivity index (χ1v) is 10.4. The van der Waals surface area contributed by atoms with Crippen molar-refractivity contribution in [1.82, 2.24) is 5.32 Å². The van der Waals surface area contributed by atoms with E-state index in [0.717, 1.165) is 12.1 Å². The highest BCUT2D eigenvalue weighted by Crippen LogP contribution is 2.35. The normalized spacial score (nSPS) is 23.4. The molecular formula is C22H28F3NO6. The number of carbonyl (C=O) groups excluding carboxylic acids is 1. The standard InChI is InChI=1S/C22H28F3NO6/c23-22(24,25)15-7-5-6-14(10-15)12-26-21(31)32-13-17-16(18(27)11-19(17)28)8-3-1-2-4-9-20(29)30/h1,3,5-7,10,16-19,27-28H,2,4,8-9,11-13H2,(H,26,31)(H,29,30)/b3-1-/t16-,17-,18?,19?/m1/s1. The van der Waals surface area contributed by atoms with Crippen molar-refractivity contribution in [2.24, 2.45) is 11.8 Å². The number of alkyl halides is 3. The zero-order valence-corrected chi connectivity index (χ0v) is 17.4. The van der Waals surface area contributed by atoms with Crippen molar-refractivity contribution < 1.29 is 42.8 Å². The SMILES string of the molecule is O=C(O)CCC/C=C\C[C@H]1C(O)CC(O)[C@@H]1COC(=O)NCc1cccc(C(F)(F)F)c1. The predicted molar refractivity (Wildman–Crippen MR) is 108 cm³/mol. The number of allylic oxidation sites excluding steroid dienone is 2. The number of aliphatic carboxylic acids is 1. The van der Waals surface area contributed by atoms with Gasteiger partial charge in [-0.1, -0.05) is 24.3 Å². The van der Waals surface area contributed by atoms with E-state index >= 15 is 0 Å². The fourth-order valence-corrected chi connectivity index (χ4v) is 3.73. The number of aliphatic hydroxyl groups is 2. The number of aliphatic hydroxyl groups excluding tert-OH is 2. The molecule has 10 heteroatoms. The molecule has 0 saturated heterocycles. The Labute approximate surface area is 183 Å². The molecule has 0 bridgehead atoms. The smallest absolute Gasteiger partial charge is 0.416 e. The van der Waals surface area contributed by atoms with Gasteiger partial charge in [-0.25, -0.2) is 4.79 Å². The summed E-state index contributed by atoms with van der Waals surface area (Å²) in [4.78, 5) is 22.5. The maximum absolute atomic E-state index is 12.8. The molecule has 0 spiro atoms. The van der Waals surface area contributed by atoms with Crippen LogP contribution in [0.4, 0.5) is 18.0 Å². The molecule has 1 aliphatic rings. The molecule has 7 nitrogen and oxygen atoms in total. The highest BCUT2D eigenvalue weighted by molar-refractivity contribution is 5.67. The van der Waals surface area contributed by atoms with Crippen LogP contribution in [0, 0.1) is 11.8 Å². The Hall–Kier alpha value is -2.59. The van der Waals surface area contributed by atoms with E-state index in [1.807, 2.05) is 12.2 Å². The van der Waals surface area contributed by atoms with E-state index in [0.29, 0.717) is 19.3 Å². The van der Waals surface area contributed by atoms with Gasteiger partial charge in [0.05, 0.1) is 24.4 Å². The molecule has 1 aromatic carbocycles. The molecule has 4 N–H and O–H groups in total. The quantitative estimate of drug-likeness (QED) is 0.314. The number of carbonyl (C=O) groups is 2. The van der Waals surface area contributed by atoms with Crippen LogP contribution in [-0.2, 0) is 22.3 Å². The summed E-state index contributed by atoms with van der Waals surface area (Å²) in [7, 11) is 0. The number of unbranched alkanes of at least 4 members (excludes halogenated alkanes) is 1. The first-order valence-electron chi connectivity index (χ1n) is 10.4. The molecular weight excluding hydrogens is 431 g/mol. The highest BCUT2D eigenvalue weighted by atomic mass is 19.4. The minimum atomic E-state index is -4.48. The number of hydrogen-bond acceptors (Lipinski definition) is 5. The zero-order valence-electron chi connectivity index (χ0n) is 17.4. The second-order valence-electron chi connectivity index (χ2n) is 7.84. The van der Waals surface area contributed by atoms with Crippen LogP contribution >= 0.6 is 0 Å². The van der Waals surface area contributed by atoms with E-state index in [1.54, 1.807) is 0 Å². The Balaban J connectivity index is 1.80. The van der Waals surface area contributed by atoms with Crippen LogP contribution in [-0.4, -0.2) is 46.2 Å². The van der Waals surface area contributed by atoms with Crippen molar-refractivity contribution in [3.05, 3.63) is 47.5 Å². The molecule has 2 unspecified atom stereocenters. The maximum atomic E-state index is 12.8. The number of amides is 1. The molecule has 4 atom stereocenters. The lowest BCUT2D eigenvalue weighted by molar-refractivity contribution is -0.138. The monoisotopic (exact) mass is 459 g/mol. The van der Waals surface area contributed by atoms with Crippen molar-refractivity contribution >= 4 is 12.1 Å². The number of halogens is 3. The number of nitrogens with one attached hydrogen (secondary N) is 1. The summed E-state index contributed by atoms with van der Waals surface area (Å²) in [6.45, 7) is -0.300.